The predicted molar refractivity (Wildman–Crippen MR) is 202 cm³/mol. The Morgan fingerprint density at radius 3 is 1.83 bits per heavy atom. The molecule has 1 fully saturated rings. The van der Waals surface area contributed by atoms with Crippen molar-refractivity contribution in [1.82, 2.24) is 25.3 Å². The number of aromatic nitrogens is 4. The lowest BCUT2D eigenvalue weighted by Gasteiger charge is -2.34. The van der Waals surface area contributed by atoms with Crippen LogP contribution in [0.5, 0.6) is 11.5 Å². The fourth-order valence-electron chi connectivity index (χ4n) is 6.07. The van der Waals surface area contributed by atoms with Gasteiger partial charge in [0.1, 0.15) is 39.7 Å². The Bertz CT molecular complexity index is 2290. The number of phenolic OH excluding ortho intramolecular Hbond substituents is 2. The van der Waals surface area contributed by atoms with Gasteiger partial charge in [0.2, 0.25) is 0 Å². The molecule has 0 bridgehead atoms. The summed E-state index contributed by atoms with van der Waals surface area (Å²) in [6.45, 7) is 10.7. The molecule has 0 radical (unpaired) electrons. The number of nitrogens with one attached hydrogen (secondary N) is 1. The minimum Gasteiger partial charge on any atom is -0.507 e. The number of rotatable bonds is 4. The Morgan fingerprint density at radius 1 is 0.792 bits per heavy atom. The van der Waals surface area contributed by atoms with Gasteiger partial charge in [0, 0.05) is 29.9 Å². The van der Waals surface area contributed by atoms with Gasteiger partial charge in [0.15, 0.2) is 11.6 Å². The van der Waals surface area contributed by atoms with E-state index in [-0.39, 0.29) is 45.5 Å². The Labute approximate surface area is 310 Å². The van der Waals surface area contributed by atoms with E-state index >= 15 is 0 Å². The van der Waals surface area contributed by atoms with Gasteiger partial charge in [-0.1, -0.05) is 35.9 Å². The number of amides is 1. The number of alkyl carbamates (subject to hydrolysis) is 1. The summed E-state index contributed by atoms with van der Waals surface area (Å²) >= 11 is 6.11. The predicted octanol–water partition coefficient (Wildman–Crippen LogP) is 9.05. The molecule has 0 unspecified atom stereocenters. The number of benzene rings is 4. The van der Waals surface area contributed by atoms with Gasteiger partial charge in [-0.2, -0.15) is 0 Å². The van der Waals surface area contributed by atoms with E-state index in [1.807, 2.05) is 71.0 Å². The lowest BCUT2D eigenvalue weighted by Crippen LogP contribution is -2.46. The molecule has 6 aromatic rings. The number of fused-ring (bicyclic) bond motifs is 2. The summed E-state index contributed by atoms with van der Waals surface area (Å²) in [5, 5.41) is 24.8. The number of hydrogen-bond acceptors (Lipinski definition) is 9. The molecule has 1 aliphatic rings. The zero-order valence-electron chi connectivity index (χ0n) is 29.9. The van der Waals surface area contributed by atoms with E-state index < -0.39 is 23.3 Å². The topological polar surface area (TPSA) is 134 Å². The van der Waals surface area contributed by atoms with E-state index in [0.717, 1.165) is 29.4 Å². The van der Waals surface area contributed by atoms with Crippen LogP contribution in [0.4, 0.5) is 19.4 Å². The molecule has 1 aliphatic heterocycles. The average Bonchev–Trinajstić information content (AvgIpc) is 3.07. The number of aromatic hydroxyl groups is 2. The molecular weight excluding hydrogens is 702 g/mol. The number of phenols is 2. The standard InChI is InChI=1S/C25H29FN4O3.C15H10ClFN2O/c1-15-8-9-17-19(14-15)28-22(21-18(26)6-5-7-20(21)31)29-23(17)30-12-10-16(11-13-30)27-24(32)33-25(2,3)4;1-8-5-6-9-11(7-8)18-15(19-14(9)16)13-10(17)3-2-4-12(13)20/h5-9,14,16,31H,10-13H2,1-4H3,(H,27,32);2-7,20H,1H3. The van der Waals surface area contributed by atoms with Crippen LogP contribution in [0.2, 0.25) is 5.15 Å². The first-order chi connectivity index (χ1) is 25.2. The molecule has 13 heteroatoms. The van der Waals surface area contributed by atoms with Crippen LogP contribution in [-0.4, -0.2) is 61.0 Å². The largest absolute Gasteiger partial charge is 0.507 e. The van der Waals surface area contributed by atoms with Crippen LogP contribution in [-0.2, 0) is 4.74 Å². The molecule has 10 nitrogen and oxygen atoms in total. The fraction of sp³-hybridized carbons (Fsp3) is 0.275. The second-order valence-corrected chi connectivity index (χ2v) is 14.3. The van der Waals surface area contributed by atoms with Crippen LogP contribution in [0.25, 0.3) is 44.6 Å². The van der Waals surface area contributed by atoms with Crippen LogP contribution in [0, 0.1) is 25.5 Å². The van der Waals surface area contributed by atoms with E-state index in [9.17, 15) is 23.8 Å². The van der Waals surface area contributed by atoms with Crippen LogP contribution in [0.3, 0.4) is 0 Å². The maximum absolute atomic E-state index is 14.6. The lowest BCUT2D eigenvalue weighted by molar-refractivity contribution is 0.0497. The van der Waals surface area contributed by atoms with E-state index in [4.69, 9.17) is 16.3 Å². The van der Waals surface area contributed by atoms with E-state index in [2.05, 4.69) is 30.2 Å². The van der Waals surface area contributed by atoms with Crippen molar-refractivity contribution in [2.45, 2.75) is 59.1 Å². The van der Waals surface area contributed by atoms with E-state index in [0.29, 0.717) is 35.3 Å². The van der Waals surface area contributed by atoms with Gasteiger partial charge in [0.25, 0.3) is 0 Å². The molecule has 274 valence electrons. The molecule has 7 rings (SSSR count). The van der Waals surface area contributed by atoms with Crippen molar-refractivity contribution in [1.29, 1.82) is 0 Å². The van der Waals surface area contributed by atoms with Gasteiger partial charge in [-0.25, -0.2) is 33.5 Å². The fourth-order valence-corrected chi connectivity index (χ4v) is 6.31. The Kier molecular flexibility index (Phi) is 10.6. The van der Waals surface area contributed by atoms with Crippen molar-refractivity contribution >= 4 is 45.3 Å². The van der Waals surface area contributed by atoms with Gasteiger partial charge in [-0.15, -0.1) is 0 Å². The summed E-state index contributed by atoms with van der Waals surface area (Å²) < 4.78 is 33.8. The Morgan fingerprint density at radius 2 is 1.30 bits per heavy atom. The summed E-state index contributed by atoms with van der Waals surface area (Å²) in [6.07, 6.45) is 1.02. The molecule has 1 amide bonds. The van der Waals surface area contributed by atoms with Gasteiger partial charge in [0.05, 0.1) is 22.2 Å². The molecule has 3 N–H and O–H groups in total. The van der Waals surface area contributed by atoms with Crippen LogP contribution < -0.4 is 10.2 Å². The summed E-state index contributed by atoms with van der Waals surface area (Å²) in [5.74, 6) is -0.674. The maximum atomic E-state index is 14.6. The highest BCUT2D eigenvalue weighted by molar-refractivity contribution is 6.34. The highest BCUT2D eigenvalue weighted by Gasteiger charge is 2.26. The molecule has 0 aliphatic carbocycles. The molecule has 4 aromatic carbocycles. The lowest BCUT2D eigenvalue weighted by atomic mass is 10.0. The van der Waals surface area contributed by atoms with Crippen LogP contribution >= 0.6 is 11.6 Å². The highest BCUT2D eigenvalue weighted by atomic mass is 35.5. The highest BCUT2D eigenvalue weighted by Crippen LogP contribution is 2.35. The number of carbonyl (C=O) groups is 1. The number of halogens is 3. The molecule has 1 saturated heterocycles. The summed E-state index contributed by atoms with van der Waals surface area (Å²) in [6, 6.07) is 19.6. The number of carbonyl (C=O) groups excluding carboxylic acids is 1. The van der Waals surface area contributed by atoms with Crippen molar-refractivity contribution in [2.24, 2.45) is 0 Å². The van der Waals surface area contributed by atoms with Gasteiger partial charge >= 0.3 is 6.09 Å². The van der Waals surface area contributed by atoms with Gasteiger partial charge in [-0.3, -0.25) is 0 Å². The molecule has 3 heterocycles. The van der Waals surface area contributed by atoms with Crippen molar-refractivity contribution in [2.75, 3.05) is 18.0 Å². The molecule has 0 atom stereocenters. The quantitative estimate of drug-likeness (QED) is 0.151. The summed E-state index contributed by atoms with van der Waals surface area (Å²) in [5.41, 5.74) is 2.74. The Balaban J connectivity index is 0.000000204. The van der Waals surface area contributed by atoms with Crippen molar-refractivity contribution < 1.29 is 28.5 Å². The summed E-state index contributed by atoms with van der Waals surface area (Å²) in [4.78, 5) is 31.9. The van der Waals surface area contributed by atoms with Crippen molar-refractivity contribution in [3.8, 4) is 34.3 Å². The number of aryl methyl sites for hydroxylation is 2. The smallest absolute Gasteiger partial charge is 0.407 e. The van der Waals surface area contributed by atoms with Crippen LogP contribution in [0.15, 0.2) is 72.8 Å². The Hall–Kier alpha value is -5.62. The monoisotopic (exact) mass is 740 g/mol. The maximum Gasteiger partial charge on any atom is 0.407 e. The number of nitrogens with zero attached hydrogens (tertiary/aromatic N) is 5. The first-order valence-electron chi connectivity index (χ1n) is 17.1. The first-order valence-corrected chi connectivity index (χ1v) is 17.5. The van der Waals surface area contributed by atoms with E-state index in [1.165, 1.54) is 36.4 Å². The molecule has 2 aromatic heterocycles. The second-order valence-electron chi connectivity index (χ2n) is 13.9. The van der Waals surface area contributed by atoms with Crippen molar-refractivity contribution in [3.63, 3.8) is 0 Å². The molecule has 0 saturated carbocycles. The first kappa shape index (κ1) is 37.1. The molecular formula is C40H39ClF2N6O4. The number of anilines is 1. The minimum absolute atomic E-state index is 0.00142. The average molecular weight is 741 g/mol. The molecule has 53 heavy (non-hydrogen) atoms. The number of ether oxygens (including phenoxy) is 1. The van der Waals surface area contributed by atoms with Crippen molar-refractivity contribution in [3.05, 3.63) is 101 Å². The second kappa shape index (κ2) is 15.2. The third-order valence-corrected chi connectivity index (χ3v) is 8.87. The third kappa shape index (κ3) is 8.55. The summed E-state index contributed by atoms with van der Waals surface area (Å²) in [7, 11) is 0. The SMILES string of the molecule is Cc1ccc2c(Cl)nc(-c3c(O)cccc3F)nc2c1.Cc1ccc2c(N3CCC(NC(=O)OC(C)(C)C)CC3)nc(-c3c(O)cccc3F)nc2c1. The molecule has 0 spiro atoms. The zero-order valence-corrected chi connectivity index (χ0v) is 30.7. The van der Waals surface area contributed by atoms with Gasteiger partial charge in [-0.05, 0) is 107 Å². The van der Waals surface area contributed by atoms with Gasteiger partial charge < -0.3 is 25.2 Å². The van der Waals surface area contributed by atoms with E-state index in [1.54, 1.807) is 0 Å². The number of hydrogen-bond donors (Lipinski definition) is 3. The van der Waals surface area contributed by atoms with Crippen LogP contribution in [0.1, 0.15) is 44.7 Å². The minimum atomic E-state index is -0.590. The zero-order chi connectivity index (χ0) is 38.0. The number of piperidine rings is 1. The normalized spacial score (nSPS) is 13.5. The third-order valence-electron chi connectivity index (χ3n) is 8.58.